The van der Waals surface area contributed by atoms with Crippen molar-refractivity contribution < 1.29 is 4.39 Å². The predicted octanol–water partition coefficient (Wildman–Crippen LogP) is 3.25. The first-order chi connectivity index (χ1) is 8.67. The third-order valence-electron chi connectivity index (χ3n) is 2.70. The van der Waals surface area contributed by atoms with Crippen molar-refractivity contribution in [2.45, 2.75) is 26.3 Å². The van der Waals surface area contributed by atoms with Crippen molar-refractivity contribution in [3.63, 3.8) is 0 Å². The minimum Gasteiger partial charge on any atom is -0.356 e. The van der Waals surface area contributed by atoms with Crippen LogP contribution in [0, 0.1) is 5.82 Å². The van der Waals surface area contributed by atoms with Gasteiger partial charge in [0, 0.05) is 27.2 Å². The molecular formula is C14H23FIN3. The zero-order valence-electron chi connectivity index (χ0n) is 11.8. The second kappa shape index (κ2) is 10.00. The fraction of sp³-hybridized carbons (Fsp3) is 0.500. The molecule has 1 rings (SSSR count). The van der Waals surface area contributed by atoms with Crippen molar-refractivity contribution in [1.29, 1.82) is 0 Å². The van der Waals surface area contributed by atoms with Crippen molar-refractivity contribution in [2.75, 3.05) is 20.6 Å². The van der Waals surface area contributed by atoms with Crippen LogP contribution in [0.25, 0.3) is 0 Å². The van der Waals surface area contributed by atoms with Gasteiger partial charge in [0.1, 0.15) is 5.82 Å². The lowest BCUT2D eigenvalue weighted by Gasteiger charge is -2.22. The lowest BCUT2D eigenvalue weighted by atomic mass is 10.2. The number of nitrogens with one attached hydrogen (secondary N) is 1. The number of nitrogens with zero attached hydrogens (tertiary/aromatic N) is 2. The van der Waals surface area contributed by atoms with Gasteiger partial charge in [0.2, 0.25) is 0 Å². The normalized spacial score (nSPS) is 10.8. The van der Waals surface area contributed by atoms with Gasteiger partial charge in [-0.3, -0.25) is 4.99 Å². The Morgan fingerprint density at radius 1 is 1.42 bits per heavy atom. The maximum absolute atomic E-state index is 13.1. The first-order valence-corrected chi connectivity index (χ1v) is 6.33. The SMILES string of the molecule is CCCCNC(=NC)N(C)Cc1cccc(F)c1.I. The standard InChI is InChI=1S/C14H22FN3.HI/c1-4-5-9-17-14(16-2)18(3)11-12-7-6-8-13(15)10-12;/h6-8,10H,4-5,9,11H2,1-3H3,(H,16,17);1H. The number of hydrogen-bond acceptors (Lipinski definition) is 1. The average molecular weight is 379 g/mol. The molecule has 0 saturated heterocycles. The summed E-state index contributed by atoms with van der Waals surface area (Å²) in [5.41, 5.74) is 0.941. The van der Waals surface area contributed by atoms with E-state index in [4.69, 9.17) is 0 Å². The number of benzene rings is 1. The number of aliphatic imine (C=N–C) groups is 1. The van der Waals surface area contributed by atoms with Gasteiger partial charge in [-0.15, -0.1) is 24.0 Å². The fourth-order valence-electron chi connectivity index (χ4n) is 1.75. The molecule has 0 aliphatic rings. The van der Waals surface area contributed by atoms with Gasteiger partial charge >= 0.3 is 0 Å². The molecule has 0 saturated carbocycles. The molecule has 1 aromatic carbocycles. The van der Waals surface area contributed by atoms with E-state index in [1.807, 2.05) is 18.0 Å². The van der Waals surface area contributed by atoms with Crippen LogP contribution in [-0.4, -0.2) is 31.5 Å². The highest BCUT2D eigenvalue weighted by molar-refractivity contribution is 14.0. The lowest BCUT2D eigenvalue weighted by molar-refractivity contribution is 0.473. The van der Waals surface area contributed by atoms with Crippen LogP contribution in [0.2, 0.25) is 0 Å². The average Bonchev–Trinajstić information content (AvgIpc) is 2.34. The quantitative estimate of drug-likeness (QED) is 0.368. The molecule has 0 aliphatic heterocycles. The third kappa shape index (κ3) is 6.75. The van der Waals surface area contributed by atoms with Gasteiger partial charge in [-0.05, 0) is 24.1 Å². The first-order valence-electron chi connectivity index (χ1n) is 6.33. The highest BCUT2D eigenvalue weighted by Crippen LogP contribution is 2.06. The molecule has 0 aromatic heterocycles. The first kappa shape index (κ1) is 18.1. The molecule has 19 heavy (non-hydrogen) atoms. The lowest BCUT2D eigenvalue weighted by Crippen LogP contribution is -2.38. The summed E-state index contributed by atoms with van der Waals surface area (Å²) in [4.78, 5) is 6.21. The maximum Gasteiger partial charge on any atom is 0.193 e. The highest BCUT2D eigenvalue weighted by atomic mass is 127. The molecule has 0 amide bonds. The van der Waals surface area contributed by atoms with Crippen LogP contribution in [-0.2, 0) is 6.54 Å². The van der Waals surface area contributed by atoms with E-state index in [9.17, 15) is 4.39 Å². The zero-order chi connectivity index (χ0) is 13.4. The van der Waals surface area contributed by atoms with E-state index in [0.29, 0.717) is 6.54 Å². The number of halogens is 2. The minimum absolute atomic E-state index is 0. The van der Waals surface area contributed by atoms with Crippen LogP contribution in [0.3, 0.4) is 0 Å². The van der Waals surface area contributed by atoms with Gasteiger partial charge in [0.15, 0.2) is 5.96 Å². The van der Waals surface area contributed by atoms with E-state index < -0.39 is 0 Å². The summed E-state index contributed by atoms with van der Waals surface area (Å²) >= 11 is 0. The topological polar surface area (TPSA) is 27.6 Å². The van der Waals surface area contributed by atoms with Crippen LogP contribution in [0.4, 0.5) is 4.39 Å². The minimum atomic E-state index is -0.199. The number of unbranched alkanes of at least 4 members (excludes halogenated alkanes) is 1. The molecule has 0 heterocycles. The van der Waals surface area contributed by atoms with E-state index in [-0.39, 0.29) is 29.8 Å². The Morgan fingerprint density at radius 3 is 2.74 bits per heavy atom. The monoisotopic (exact) mass is 379 g/mol. The molecule has 3 nitrogen and oxygen atoms in total. The Bertz CT molecular complexity index is 396. The van der Waals surface area contributed by atoms with Gasteiger partial charge in [0.05, 0.1) is 0 Å². The van der Waals surface area contributed by atoms with Crippen LogP contribution in [0.1, 0.15) is 25.3 Å². The Hall–Kier alpha value is -0.850. The number of rotatable bonds is 5. The fourth-order valence-corrected chi connectivity index (χ4v) is 1.75. The van der Waals surface area contributed by atoms with Crippen molar-refractivity contribution in [2.24, 2.45) is 4.99 Å². The highest BCUT2D eigenvalue weighted by Gasteiger charge is 2.06. The summed E-state index contributed by atoms with van der Waals surface area (Å²) in [5.74, 6) is 0.641. The Labute approximate surface area is 132 Å². The Morgan fingerprint density at radius 2 is 2.16 bits per heavy atom. The Balaban J connectivity index is 0.00000324. The molecule has 0 fully saturated rings. The van der Waals surface area contributed by atoms with Crippen LogP contribution >= 0.6 is 24.0 Å². The van der Waals surface area contributed by atoms with Gasteiger partial charge in [0.25, 0.3) is 0 Å². The molecule has 1 aromatic rings. The van der Waals surface area contributed by atoms with E-state index >= 15 is 0 Å². The third-order valence-corrected chi connectivity index (χ3v) is 2.70. The molecule has 0 bridgehead atoms. The van der Waals surface area contributed by atoms with Crippen LogP contribution < -0.4 is 5.32 Å². The van der Waals surface area contributed by atoms with Crippen LogP contribution in [0.5, 0.6) is 0 Å². The van der Waals surface area contributed by atoms with E-state index in [1.54, 1.807) is 19.2 Å². The van der Waals surface area contributed by atoms with Crippen molar-refractivity contribution in [1.82, 2.24) is 10.2 Å². The van der Waals surface area contributed by atoms with Crippen molar-refractivity contribution in [3.05, 3.63) is 35.6 Å². The summed E-state index contributed by atoms with van der Waals surface area (Å²) < 4.78 is 13.1. The maximum atomic E-state index is 13.1. The van der Waals surface area contributed by atoms with E-state index in [2.05, 4.69) is 17.2 Å². The van der Waals surface area contributed by atoms with Crippen molar-refractivity contribution >= 4 is 29.9 Å². The predicted molar refractivity (Wildman–Crippen MR) is 89.6 cm³/mol. The molecule has 0 atom stereocenters. The van der Waals surface area contributed by atoms with Crippen LogP contribution in [0.15, 0.2) is 29.3 Å². The molecule has 0 unspecified atom stereocenters. The second-order valence-electron chi connectivity index (χ2n) is 4.31. The smallest absolute Gasteiger partial charge is 0.193 e. The number of guanidine groups is 1. The Kier molecular flexibility index (Phi) is 9.55. The van der Waals surface area contributed by atoms with Gasteiger partial charge in [-0.2, -0.15) is 0 Å². The summed E-state index contributed by atoms with van der Waals surface area (Å²) in [6.07, 6.45) is 2.27. The largest absolute Gasteiger partial charge is 0.356 e. The molecular weight excluding hydrogens is 356 g/mol. The molecule has 5 heteroatoms. The molecule has 0 aliphatic carbocycles. The molecule has 108 valence electrons. The van der Waals surface area contributed by atoms with Gasteiger partial charge in [-0.1, -0.05) is 25.5 Å². The summed E-state index contributed by atoms with van der Waals surface area (Å²) in [5, 5.41) is 3.29. The number of hydrogen-bond donors (Lipinski definition) is 1. The summed E-state index contributed by atoms with van der Waals surface area (Å²) in [6.45, 7) is 3.71. The zero-order valence-corrected chi connectivity index (χ0v) is 14.1. The second-order valence-corrected chi connectivity index (χ2v) is 4.31. The van der Waals surface area contributed by atoms with Gasteiger partial charge in [-0.25, -0.2) is 4.39 Å². The molecule has 0 radical (unpaired) electrons. The summed E-state index contributed by atoms with van der Waals surface area (Å²) in [7, 11) is 3.71. The molecule has 1 N–H and O–H groups in total. The van der Waals surface area contributed by atoms with E-state index in [1.165, 1.54) is 6.07 Å². The van der Waals surface area contributed by atoms with E-state index in [0.717, 1.165) is 30.9 Å². The van der Waals surface area contributed by atoms with Gasteiger partial charge < -0.3 is 10.2 Å². The van der Waals surface area contributed by atoms with Crippen molar-refractivity contribution in [3.8, 4) is 0 Å². The molecule has 0 spiro atoms. The summed E-state index contributed by atoms with van der Waals surface area (Å²) in [6, 6.07) is 6.65.